The van der Waals surface area contributed by atoms with Crippen molar-refractivity contribution in [1.82, 2.24) is 19.8 Å². The number of pyridine rings is 1. The number of thiazole rings is 1. The van der Waals surface area contributed by atoms with Crippen LogP contribution < -0.4 is 5.32 Å². The first-order valence-corrected chi connectivity index (χ1v) is 14.0. The predicted octanol–water partition coefficient (Wildman–Crippen LogP) is 3.47. The fraction of sp³-hybridized carbons (Fsp3) is 0.464. The Kier molecular flexibility index (Phi) is 6.40. The van der Waals surface area contributed by atoms with Gasteiger partial charge in [-0.1, -0.05) is 11.6 Å². The standard InChI is InChI=1S/C28H31N5O3S/c34-24(32-10-5-19(6-11-32)16-23-29-9-14-37-23)4-1-20-15-22-17-28(27(36)31-25(22)30-18-20)7-12-33(13-8-28)26(35)21-2-3-21/h1,4-5,9,14-15,18,21H,2-3,6-8,10-13,16-17H2,(H,30,31,36). The van der Waals surface area contributed by atoms with Crippen molar-refractivity contribution in [2.45, 2.75) is 44.9 Å². The molecule has 0 unspecified atom stereocenters. The summed E-state index contributed by atoms with van der Waals surface area (Å²) in [6, 6.07) is 2.03. The van der Waals surface area contributed by atoms with Gasteiger partial charge in [0.15, 0.2) is 0 Å². The Hall–Kier alpha value is -3.33. The Morgan fingerprint density at radius 3 is 2.70 bits per heavy atom. The van der Waals surface area contributed by atoms with Crippen LogP contribution in [0.25, 0.3) is 6.08 Å². The van der Waals surface area contributed by atoms with E-state index in [2.05, 4.69) is 21.4 Å². The molecule has 2 aromatic rings. The summed E-state index contributed by atoms with van der Waals surface area (Å²) in [6.07, 6.45) is 14.8. The third kappa shape index (κ3) is 5.09. The summed E-state index contributed by atoms with van der Waals surface area (Å²) in [5.41, 5.74) is 2.67. The third-order valence-corrected chi connectivity index (χ3v) is 8.86. The van der Waals surface area contributed by atoms with Crippen LogP contribution in [0.3, 0.4) is 0 Å². The maximum absolute atomic E-state index is 13.0. The molecule has 6 rings (SSSR count). The number of carbonyl (C=O) groups excluding carboxylic acids is 3. The van der Waals surface area contributed by atoms with Crippen LogP contribution in [-0.4, -0.2) is 63.7 Å². The van der Waals surface area contributed by atoms with E-state index in [4.69, 9.17) is 0 Å². The van der Waals surface area contributed by atoms with Crippen molar-refractivity contribution in [3.8, 4) is 0 Å². The van der Waals surface area contributed by atoms with Crippen molar-refractivity contribution in [2.24, 2.45) is 11.3 Å². The molecule has 1 spiro atoms. The molecule has 0 radical (unpaired) electrons. The average molecular weight is 518 g/mol. The van der Waals surface area contributed by atoms with Crippen LogP contribution in [-0.2, 0) is 27.2 Å². The lowest BCUT2D eigenvalue weighted by Crippen LogP contribution is -2.51. The Morgan fingerprint density at radius 2 is 2.00 bits per heavy atom. The van der Waals surface area contributed by atoms with Gasteiger partial charge in [0.1, 0.15) is 5.82 Å². The van der Waals surface area contributed by atoms with Gasteiger partial charge >= 0.3 is 0 Å². The van der Waals surface area contributed by atoms with Crippen molar-refractivity contribution in [3.05, 3.63) is 57.7 Å². The van der Waals surface area contributed by atoms with Crippen LogP contribution in [0.15, 0.2) is 41.6 Å². The van der Waals surface area contributed by atoms with Gasteiger partial charge in [-0.2, -0.15) is 0 Å². The molecule has 2 aromatic heterocycles. The number of hydrogen-bond acceptors (Lipinski definition) is 6. The van der Waals surface area contributed by atoms with E-state index >= 15 is 0 Å². The van der Waals surface area contributed by atoms with Gasteiger partial charge in [0.2, 0.25) is 17.7 Å². The first-order valence-electron chi connectivity index (χ1n) is 13.1. The van der Waals surface area contributed by atoms with E-state index in [9.17, 15) is 14.4 Å². The fourth-order valence-electron chi connectivity index (χ4n) is 5.58. The van der Waals surface area contributed by atoms with E-state index in [1.54, 1.807) is 23.6 Å². The topological polar surface area (TPSA) is 95.5 Å². The zero-order chi connectivity index (χ0) is 25.4. The number of fused-ring (bicyclic) bond motifs is 1. The number of rotatable bonds is 5. The molecule has 1 aliphatic carbocycles. The van der Waals surface area contributed by atoms with Crippen LogP contribution in [0.5, 0.6) is 0 Å². The Bertz CT molecular complexity index is 1270. The second-order valence-electron chi connectivity index (χ2n) is 10.6. The van der Waals surface area contributed by atoms with E-state index in [0.29, 0.717) is 51.3 Å². The molecule has 1 saturated carbocycles. The summed E-state index contributed by atoms with van der Waals surface area (Å²) < 4.78 is 0. The van der Waals surface area contributed by atoms with Crippen LogP contribution >= 0.6 is 11.3 Å². The fourth-order valence-corrected chi connectivity index (χ4v) is 6.25. The molecule has 1 N–H and O–H groups in total. The first kappa shape index (κ1) is 24.0. The van der Waals surface area contributed by atoms with Crippen LogP contribution in [0.2, 0.25) is 0 Å². The number of likely N-dealkylation sites (tertiary alicyclic amines) is 1. The van der Waals surface area contributed by atoms with Crippen LogP contribution in [0.4, 0.5) is 5.82 Å². The van der Waals surface area contributed by atoms with E-state index < -0.39 is 5.41 Å². The third-order valence-electron chi connectivity index (χ3n) is 8.08. The lowest BCUT2D eigenvalue weighted by molar-refractivity contribution is -0.139. The van der Waals surface area contributed by atoms with Crippen molar-refractivity contribution in [3.63, 3.8) is 0 Å². The lowest BCUT2D eigenvalue weighted by atomic mass is 9.71. The smallest absolute Gasteiger partial charge is 0.246 e. The van der Waals surface area contributed by atoms with Crippen molar-refractivity contribution >= 4 is 41.0 Å². The van der Waals surface area contributed by atoms with Gasteiger partial charge < -0.3 is 15.1 Å². The maximum Gasteiger partial charge on any atom is 0.246 e. The highest BCUT2D eigenvalue weighted by Crippen LogP contribution is 2.42. The van der Waals surface area contributed by atoms with E-state index in [-0.39, 0.29) is 23.6 Å². The van der Waals surface area contributed by atoms with E-state index in [0.717, 1.165) is 41.8 Å². The Balaban J connectivity index is 1.08. The lowest BCUT2D eigenvalue weighted by Gasteiger charge is -2.43. The molecule has 4 aliphatic rings. The summed E-state index contributed by atoms with van der Waals surface area (Å²) in [6.45, 7) is 2.59. The molecule has 1 saturated heterocycles. The van der Waals surface area contributed by atoms with Gasteiger partial charge in [0, 0.05) is 62.4 Å². The van der Waals surface area contributed by atoms with Crippen molar-refractivity contribution in [1.29, 1.82) is 0 Å². The molecule has 192 valence electrons. The van der Waals surface area contributed by atoms with Crippen LogP contribution in [0.1, 0.15) is 48.2 Å². The number of amides is 3. The minimum Gasteiger partial charge on any atom is -0.342 e. The molecule has 0 bridgehead atoms. The first-order chi connectivity index (χ1) is 18.0. The van der Waals surface area contributed by atoms with Gasteiger partial charge in [0.05, 0.1) is 10.4 Å². The molecule has 0 aromatic carbocycles. The zero-order valence-corrected chi connectivity index (χ0v) is 21.6. The second-order valence-corrected chi connectivity index (χ2v) is 11.6. The predicted molar refractivity (Wildman–Crippen MR) is 142 cm³/mol. The number of hydrogen-bond donors (Lipinski definition) is 1. The Labute approximate surface area is 220 Å². The maximum atomic E-state index is 13.0. The number of anilines is 1. The molecule has 8 nitrogen and oxygen atoms in total. The highest BCUT2D eigenvalue weighted by molar-refractivity contribution is 7.09. The molecule has 2 fully saturated rings. The van der Waals surface area contributed by atoms with Gasteiger partial charge in [-0.3, -0.25) is 14.4 Å². The Morgan fingerprint density at radius 1 is 1.16 bits per heavy atom. The number of nitrogens with one attached hydrogen (secondary N) is 1. The number of piperidine rings is 1. The quantitative estimate of drug-likeness (QED) is 0.484. The van der Waals surface area contributed by atoms with Crippen molar-refractivity contribution in [2.75, 3.05) is 31.5 Å². The molecule has 9 heteroatoms. The van der Waals surface area contributed by atoms with E-state index in [1.807, 2.05) is 33.5 Å². The summed E-state index contributed by atoms with van der Waals surface area (Å²) in [5, 5.41) is 6.10. The summed E-state index contributed by atoms with van der Waals surface area (Å²) >= 11 is 1.66. The summed E-state index contributed by atoms with van der Waals surface area (Å²) in [7, 11) is 0. The van der Waals surface area contributed by atoms with Crippen molar-refractivity contribution < 1.29 is 14.4 Å². The van der Waals surface area contributed by atoms with Gasteiger partial charge in [0.25, 0.3) is 0 Å². The van der Waals surface area contributed by atoms with Gasteiger partial charge in [-0.15, -0.1) is 11.3 Å². The monoisotopic (exact) mass is 517 g/mol. The second kappa shape index (κ2) is 9.85. The highest BCUT2D eigenvalue weighted by Gasteiger charge is 2.46. The number of aromatic nitrogens is 2. The molecule has 0 atom stereocenters. The molecule has 3 amide bonds. The summed E-state index contributed by atoms with van der Waals surface area (Å²) in [5.74, 6) is 1.06. The molecule has 3 aliphatic heterocycles. The zero-order valence-electron chi connectivity index (χ0n) is 20.8. The highest BCUT2D eigenvalue weighted by atomic mass is 32.1. The number of nitrogens with zero attached hydrogens (tertiary/aromatic N) is 4. The van der Waals surface area contributed by atoms with Gasteiger partial charge in [-0.05, 0) is 61.8 Å². The SMILES string of the molecule is O=C(C=Cc1cnc2c(c1)CC1(CCN(C(=O)C3CC3)CC1)C(=O)N2)N1CC=C(Cc2nccs2)CC1. The molecular weight excluding hydrogens is 486 g/mol. The summed E-state index contributed by atoms with van der Waals surface area (Å²) in [4.78, 5) is 50.9. The molecule has 37 heavy (non-hydrogen) atoms. The molecule has 5 heterocycles. The van der Waals surface area contributed by atoms with Gasteiger partial charge in [-0.25, -0.2) is 9.97 Å². The largest absolute Gasteiger partial charge is 0.342 e. The molecular formula is C28H31N5O3S. The minimum absolute atomic E-state index is 0.0110. The van der Waals surface area contributed by atoms with Crippen LogP contribution in [0, 0.1) is 11.3 Å². The number of carbonyl (C=O) groups is 3. The van der Waals surface area contributed by atoms with E-state index in [1.165, 1.54) is 5.57 Å². The average Bonchev–Trinajstić information content (AvgIpc) is 3.65. The normalized spacial score (nSPS) is 21.1. The minimum atomic E-state index is -0.496.